The smallest absolute Gasteiger partial charge is 0.226 e. The number of nitrogens with zero attached hydrogens (tertiary/aromatic N) is 2. The van der Waals surface area contributed by atoms with Crippen LogP contribution >= 0.6 is 0 Å². The summed E-state index contributed by atoms with van der Waals surface area (Å²) in [6.45, 7) is 4.06. The van der Waals surface area contributed by atoms with Gasteiger partial charge in [0.2, 0.25) is 5.91 Å². The second kappa shape index (κ2) is 6.64. The number of hydrogen-bond donors (Lipinski definition) is 1. The lowest BCUT2D eigenvalue weighted by Gasteiger charge is -2.16. The molecule has 1 saturated heterocycles. The van der Waals surface area contributed by atoms with Crippen molar-refractivity contribution in [3.63, 3.8) is 0 Å². The van der Waals surface area contributed by atoms with Gasteiger partial charge in [0.1, 0.15) is 5.75 Å². The average molecular weight is 299 g/mol. The van der Waals surface area contributed by atoms with Crippen LogP contribution in [0.5, 0.6) is 5.75 Å². The van der Waals surface area contributed by atoms with Crippen molar-refractivity contribution in [1.29, 1.82) is 0 Å². The van der Waals surface area contributed by atoms with Crippen LogP contribution < -0.4 is 4.74 Å². The second-order valence-electron chi connectivity index (χ2n) is 5.70. The highest BCUT2D eigenvalue weighted by Gasteiger charge is 2.28. The summed E-state index contributed by atoms with van der Waals surface area (Å²) in [6, 6.07) is 9.60. The van der Waals surface area contributed by atoms with Crippen LogP contribution in [0.25, 0.3) is 0 Å². The minimum absolute atomic E-state index is 0.163. The zero-order valence-corrected chi connectivity index (χ0v) is 12.8. The van der Waals surface area contributed by atoms with Crippen molar-refractivity contribution in [1.82, 2.24) is 15.1 Å². The van der Waals surface area contributed by atoms with Gasteiger partial charge in [0.15, 0.2) is 0 Å². The van der Waals surface area contributed by atoms with Gasteiger partial charge in [0.05, 0.1) is 19.2 Å². The molecule has 116 valence electrons. The molecule has 1 unspecified atom stereocenters. The second-order valence-corrected chi connectivity index (χ2v) is 5.70. The SMILES string of the molecule is Cc1cn[nH]c1C1CCN(C(=O)CCOc2ccccc2)C1. The van der Waals surface area contributed by atoms with E-state index >= 15 is 0 Å². The summed E-state index contributed by atoms with van der Waals surface area (Å²) in [6.07, 6.45) is 3.26. The molecule has 0 spiro atoms. The van der Waals surface area contributed by atoms with Crippen LogP contribution in [0.3, 0.4) is 0 Å². The van der Waals surface area contributed by atoms with Gasteiger partial charge >= 0.3 is 0 Å². The maximum Gasteiger partial charge on any atom is 0.226 e. The lowest BCUT2D eigenvalue weighted by Crippen LogP contribution is -2.29. The molecule has 22 heavy (non-hydrogen) atoms. The number of ether oxygens (including phenoxy) is 1. The molecule has 0 bridgehead atoms. The molecule has 1 aromatic carbocycles. The molecule has 0 aliphatic carbocycles. The van der Waals surface area contributed by atoms with Crippen LogP contribution in [0.2, 0.25) is 0 Å². The highest BCUT2D eigenvalue weighted by molar-refractivity contribution is 5.76. The van der Waals surface area contributed by atoms with E-state index in [0.29, 0.717) is 18.9 Å². The van der Waals surface area contributed by atoms with E-state index in [0.717, 1.165) is 31.0 Å². The van der Waals surface area contributed by atoms with Crippen LogP contribution in [-0.4, -0.2) is 40.7 Å². The number of aromatic nitrogens is 2. The molecular formula is C17H21N3O2. The van der Waals surface area contributed by atoms with Crippen molar-refractivity contribution in [2.45, 2.75) is 25.7 Å². The monoisotopic (exact) mass is 299 g/mol. The molecule has 1 N–H and O–H groups in total. The van der Waals surface area contributed by atoms with E-state index in [1.165, 1.54) is 5.56 Å². The molecule has 1 aliphatic heterocycles. The van der Waals surface area contributed by atoms with E-state index in [9.17, 15) is 4.79 Å². The number of benzene rings is 1. The van der Waals surface area contributed by atoms with E-state index in [4.69, 9.17) is 4.74 Å². The van der Waals surface area contributed by atoms with E-state index in [1.807, 2.05) is 41.4 Å². The summed E-state index contributed by atoms with van der Waals surface area (Å²) in [5.41, 5.74) is 2.34. The number of hydrogen-bond acceptors (Lipinski definition) is 3. The number of aryl methyl sites for hydroxylation is 1. The molecule has 1 fully saturated rings. The molecule has 1 aliphatic rings. The quantitative estimate of drug-likeness (QED) is 0.923. The third kappa shape index (κ3) is 3.30. The van der Waals surface area contributed by atoms with Crippen molar-refractivity contribution < 1.29 is 9.53 Å². The highest BCUT2D eigenvalue weighted by Crippen LogP contribution is 2.27. The molecule has 3 rings (SSSR count). The third-order valence-corrected chi connectivity index (χ3v) is 4.15. The number of carbonyl (C=O) groups is 1. The van der Waals surface area contributed by atoms with Crippen molar-refractivity contribution >= 4 is 5.91 Å². The molecule has 0 radical (unpaired) electrons. The Labute approximate surface area is 130 Å². The first-order valence-electron chi connectivity index (χ1n) is 7.69. The maximum absolute atomic E-state index is 12.3. The Balaban J connectivity index is 1.46. The van der Waals surface area contributed by atoms with E-state index in [2.05, 4.69) is 17.1 Å². The van der Waals surface area contributed by atoms with Crippen molar-refractivity contribution in [2.24, 2.45) is 0 Å². The topological polar surface area (TPSA) is 58.2 Å². The van der Waals surface area contributed by atoms with E-state index < -0.39 is 0 Å². The summed E-state index contributed by atoms with van der Waals surface area (Å²) in [5, 5.41) is 7.13. The number of rotatable bonds is 5. The summed E-state index contributed by atoms with van der Waals surface area (Å²) >= 11 is 0. The fraction of sp³-hybridized carbons (Fsp3) is 0.412. The predicted octanol–water partition coefficient (Wildman–Crippen LogP) is 2.50. The van der Waals surface area contributed by atoms with Gasteiger partial charge in [0.25, 0.3) is 0 Å². The standard InChI is InChI=1S/C17H21N3O2/c1-13-11-18-19-17(13)14-7-9-20(12-14)16(21)8-10-22-15-5-3-2-4-6-15/h2-6,11,14H,7-10,12H2,1H3,(H,18,19). The summed E-state index contributed by atoms with van der Waals surface area (Å²) < 4.78 is 5.59. The van der Waals surface area contributed by atoms with Gasteiger partial charge in [-0.3, -0.25) is 9.89 Å². The van der Waals surface area contributed by atoms with Crippen molar-refractivity contribution in [3.05, 3.63) is 47.8 Å². The lowest BCUT2D eigenvalue weighted by atomic mass is 10.0. The van der Waals surface area contributed by atoms with Crippen LogP contribution in [0.4, 0.5) is 0 Å². The third-order valence-electron chi connectivity index (χ3n) is 4.15. The minimum Gasteiger partial charge on any atom is -0.493 e. The highest BCUT2D eigenvalue weighted by atomic mass is 16.5. The lowest BCUT2D eigenvalue weighted by molar-refractivity contribution is -0.130. The van der Waals surface area contributed by atoms with Gasteiger partial charge in [0, 0.05) is 24.7 Å². The molecule has 1 amide bonds. The largest absolute Gasteiger partial charge is 0.493 e. The van der Waals surface area contributed by atoms with Gasteiger partial charge < -0.3 is 9.64 Å². The average Bonchev–Trinajstić information content (AvgIpc) is 3.17. The molecular weight excluding hydrogens is 278 g/mol. The Hall–Kier alpha value is -2.30. The Morgan fingerprint density at radius 3 is 2.95 bits per heavy atom. The Morgan fingerprint density at radius 1 is 1.41 bits per heavy atom. The number of H-pyrrole nitrogens is 1. The molecule has 5 heteroatoms. The fourth-order valence-corrected chi connectivity index (χ4v) is 2.92. The number of likely N-dealkylation sites (tertiary alicyclic amines) is 1. The predicted molar refractivity (Wildman–Crippen MR) is 83.8 cm³/mol. The molecule has 2 aromatic rings. The van der Waals surface area contributed by atoms with Gasteiger partial charge in [-0.05, 0) is 31.0 Å². The van der Waals surface area contributed by atoms with Crippen LogP contribution in [0, 0.1) is 6.92 Å². The van der Waals surface area contributed by atoms with Gasteiger partial charge in [-0.1, -0.05) is 18.2 Å². The number of aromatic amines is 1. The zero-order chi connectivity index (χ0) is 15.4. The Bertz CT molecular complexity index is 624. The van der Waals surface area contributed by atoms with Gasteiger partial charge in [-0.15, -0.1) is 0 Å². The van der Waals surface area contributed by atoms with Crippen molar-refractivity contribution in [2.75, 3.05) is 19.7 Å². The Kier molecular flexibility index (Phi) is 4.42. The normalized spacial score (nSPS) is 17.7. The van der Waals surface area contributed by atoms with Crippen LogP contribution in [0.15, 0.2) is 36.5 Å². The van der Waals surface area contributed by atoms with E-state index in [-0.39, 0.29) is 5.91 Å². The van der Waals surface area contributed by atoms with Crippen LogP contribution in [0.1, 0.15) is 30.0 Å². The first-order chi connectivity index (χ1) is 10.7. The van der Waals surface area contributed by atoms with Gasteiger partial charge in [-0.25, -0.2) is 0 Å². The molecule has 5 nitrogen and oxygen atoms in total. The zero-order valence-electron chi connectivity index (χ0n) is 12.8. The first kappa shape index (κ1) is 14.6. The van der Waals surface area contributed by atoms with Gasteiger partial charge in [-0.2, -0.15) is 5.10 Å². The number of amides is 1. The fourth-order valence-electron chi connectivity index (χ4n) is 2.92. The molecule has 0 saturated carbocycles. The number of carbonyl (C=O) groups excluding carboxylic acids is 1. The summed E-state index contributed by atoms with van der Waals surface area (Å²) in [5.74, 6) is 1.35. The Morgan fingerprint density at radius 2 is 2.23 bits per heavy atom. The van der Waals surface area contributed by atoms with Crippen LogP contribution in [-0.2, 0) is 4.79 Å². The molecule has 1 aromatic heterocycles. The van der Waals surface area contributed by atoms with Crippen molar-refractivity contribution in [3.8, 4) is 5.75 Å². The summed E-state index contributed by atoms with van der Waals surface area (Å²) in [7, 11) is 0. The molecule has 2 heterocycles. The number of para-hydroxylation sites is 1. The minimum atomic E-state index is 0.163. The first-order valence-corrected chi connectivity index (χ1v) is 7.69. The molecule has 1 atom stereocenters. The number of nitrogens with one attached hydrogen (secondary N) is 1. The summed E-state index contributed by atoms with van der Waals surface area (Å²) in [4.78, 5) is 14.2. The maximum atomic E-state index is 12.3. The van der Waals surface area contributed by atoms with E-state index in [1.54, 1.807) is 0 Å².